The van der Waals surface area contributed by atoms with Gasteiger partial charge in [-0.05, 0) is 6.07 Å². The van der Waals surface area contributed by atoms with Crippen LogP contribution in [0.25, 0.3) is 0 Å². The number of aromatic nitrogens is 2. The number of ether oxygens (including phenoxy) is 2. The molecule has 108 valence electrons. The number of methoxy groups -OCH3 is 1. The van der Waals surface area contributed by atoms with E-state index in [1.54, 1.807) is 0 Å². The maximum atomic E-state index is 13.7. The zero-order valence-corrected chi connectivity index (χ0v) is 10.6. The summed E-state index contributed by atoms with van der Waals surface area (Å²) in [6.07, 6.45) is 2.32. The van der Waals surface area contributed by atoms with Crippen molar-refractivity contribution >= 4 is 11.7 Å². The van der Waals surface area contributed by atoms with E-state index in [0.717, 1.165) is 24.5 Å². The number of benzene rings is 1. The first-order valence-corrected chi connectivity index (χ1v) is 5.53. The number of carbonyl (C=O) groups is 1. The normalized spacial score (nSPS) is 10.0. The molecule has 0 saturated carbocycles. The van der Waals surface area contributed by atoms with Crippen LogP contribution in [0.3, 0.4) is 0 Å². The van der Waals surface area contributed by atoms with Crippen LogP contribution < -0.4 is 4.74 Å². The number of esters is 1. The van der Waals surface area contributed by atoms with E-state index >= 15 is 0 Å². The van der Waals surface area contributed by atoms with E-state index in [4.69, 9.17) is 4.74 Å². The van der Waals surface area contributed by atoms with Crippen molar-refractivity contribution in [2.45, 2.75) is 0 Å². The summed E-state index contributed by atoms with van der Waals surface area (Å²) in [7, 11) is 1.17. The van der Waals surface area contributed by atoms with Crippen LogP contribution in [0.2, 0.25) is 0 Å². The van der Waals surface area contributed by atoms with Crippen molar-refractivity contribution in [3.63, 3.8) is 0 Å². The van der Waals surface area contributed by atoms with Gasteiger partial charge < -0.3 is 9.47 Å². The fourth-order valence-electron chi connectivity index (χ4n) is 1.40. The third-order valence-electron chi connectivity index (χ3n) is 2.35. The van der Waals surface area contributed by atoms with Gasteiger partial charge in [0.2, 0.25) is 5.88 Å². The van der Waals surface area contributed by atoms with Gasteiger partial charge in [0, 0.05) is 6.07 Å². The third kappa shape index (κ3) is 3.26. The van der Waals surface area contributed by atoms with Crippen LogP contribution >= 0.6 is 0 Å². The summed E-state index contributed by atoms with van der Waals surface area (Å²) < 4.78 is 23.2. The first kappa shape index (κ1) is 14.3. The summed E-state index contributed by atoms with van der Waals surface area (Å²) >= 11 is 0. The van der Waals surface area contributed by atoms with Crippen LogP contribution in [0.4, 0.5) is 10.1 Å². The minimum atomic E-state index is -0.936. The Labute approximate surface area is 117 Å². The molecular formula is C12H8FN3O5. The van der Waals surface area contributed by atoms with Gasteiger partial charge in [-0.2, -0.15) is 0 Å². The lowest BCUT2D eigenvalue weighted by Gasteiger charge is -2.06. The summed E-state index contributed by atoms with van der Waals surface area (Å²) in [6, 6.07) is 2.88. The van der Waals surface area contributed by atoms with Crippen LogP contribution in [0.1, 0.15) is 10.5 Å². The molecule has 1 aromatic heterocycles. The van der Waals surface area contributed by atoms with Gasteiger partial charge in [-0.3, -0.25) is 15.1 Å². The molecule has 0 aliphatic carbocycles. The predicted octanol–water partition coefficient (Wildman–Crippen LogP) is 2.10. The van der Waals surface area contributed by atoms with Gasteiger partial charge in [0.25, 0.3) is 5.69 Å². The highest BCUT2D eigenvalue weighted by Crippen LogP contribution is 2.26. The lowest BCUT2D eigenvalue weighted by molar-refractivity contribution is -0.385. The van der Waals surface area contributed by atoms with Crippen LogP contribution in [-0.4, -0.2) is 28.0 Å². The monoisotopic (exact) mass is 293 g/mol. The standard InChI is InChI=1S/C12H8FN3O5/c1-20-12(17)9-5-14-6-11(15-9)21-10-3-2-7(16(18)19)4-8(10)13/h2-6H,1H3. The van der Waals surface area contributed by atoms with E-state index in [1.807, 2.05) is 0 Å². The summed E-state index contributed by atoms with van der Waals surface area (Å²) in [4.78, 5) is 28.5. The van der Waals surface area contributed by atoms with E-state index in [9.17, 15) is 19.3 Å². The molecule has 2 rings (SSSR count). The molecule has 0 amide bonds. The number of nitro benzene ring substituents is 1. The van der Waals surface area contributed by atoms with Crippen molar-refractivity contribution in [1.82, 2.24) is 9.97 Å². The Bertz CT molecular complexity index is 707. The van der Waals surface area contributed by atoms with Crippen molar-refractivity contribution in [2.75, 3.05) is 7.11 Å². The lowest BCUT2D eigenvalue weighted by atomic mass is 10.3. The summed E-state index contributed by atoms with van der Waals surface area (Å²) in [5.74, 6) is -2.09. The molecule has 9 heteroatoms. The Morgan fingerprint density at radius 1 is 1.38 bits per heavy atom. The Balaban J connectivity index is 2.26. The third-order valence-corrected chi connectivity index (χ3v) is 2.35. The fraction of sp³-hybridized carbons (Fsp3) is 0.0833. The number of nitrogens with zero attached hydrogens (tertiary/aromatic N) is 3. The number of carbonyl (C=O) groups excluding carboxylic acids is 1. The molecule has 8 nitrogen and oxygen atoms in total. The Morgan fingerprint density at radius 2 is 2.14 bits per heavy atom. The average molecular weight is 293 g/mol. The van der Waals surface area contributed by atoms with Gasteiger partial charge in [-0.1, -0.05) is 0 Å². The van der Waals surface area contributed by atoms with Crippen molar-refractivity contribution in [3.8, 4) is 11.6 Å². The zero-order valence-electron chi connectivity index (χ0n) is 10.6. The molecule has 0 unspecified atom stereocenters. The van der Waals surface area contributed by atoms with Crippen molar-refractivity contribution in [3.05, 3.63) is 52.2 Å². The summed E-state index contributed by atoms with van der Waals surface area (Å²) in [5.41, 5.74) is -0.522. The molecule has 0 radical (unpaired) electrons. The van der Waals surface area contributed by atoms with Crippen molar-refractivity contribution in [1.29, 1.82) is 0 Å². The fourth-order valence-corrected chi connectivity index (χ4v) is 1.40. The first-order valence-electron chi connectivity index (χ1n) is 5.53. The second-order valence-corrected chi connectivity index (χ2v) is 3.71. The number of hydrogen-bond donors (Lipinski definition) is 0. The SMILES string of the molecule is COC(=O)c1cncc(Oc2ccc([N+](=O)[O-])cc2F)n1. The molecule has 0 bridgehead atoms. The molecule has 0 fully saturated rings. The minimum Gasteiger partial charge on any atom is -0.464 e. The van der Waals surface area contributed by atoms with Crippen LogP contribution in [0.5, 0.6) is 11.6 Å². The molecule has 0 atom stereocenters. The summed E-state index contributed by atoms with van der Waals surface area (Å²) in [5, 5.41) is 10.5. The molecule has 1 heterocycles. The molecule has 0 aliphatic heterocycles. The van der Waals surface area contributed by atoms with E-state index in [-0.39, 0.29) is 17.3 Å². The van der Waals surface area contributed by atoms with Gasteiger partial charge in [0.1, 0.15) is 0 Å². The number of non-ortho nitro benzene ring substituents is 1. The van der Waals surface area contributed by atoms with Gasteiger partial charge in [-0.15, -0.1) is 0 Å². The maximum absolute atomic E-state index is 13.7. The van der Waals surface area contributed by atoms with Crippen LogP contribution in [0.15, 0.2) is 30.6 Å². The van der Waals surface area contributed by atoms with Crippen molar-refractivity contribution in [2.24, 2.45) is 0 Å². The molecule has 0 aliphatic rings. The maximum Gasteiger partial charge on any atom is 0.358 e. The molecular weight excluding hydrogens is 285 g/mol. The number of nitro groups is 1. The van der Waals surface area contributed by atoms with Gasteiger partial charge in [0.15, 0.2) is 17.3 Å². The van der Waals surface area contributed by atoms with Crippen molar-refractivity contribution < 1.29 is 23.6 Å². The molecule has 2 aromatic rings. The number of rotatable bonds is 4. The second-order valence-electron chi connectivity index (χ2n) is 3.71. The topological polar surface area (TPSA) is 104 Å². The highest BCUT2D eigenvalue weighted by atomic mass is 19.1. The second kappa shape index (κ2) is 5.90. The number of hydrogen-bond acceptors (Lipinski definition) is 7. The molecule has 0 N–H and O–H groups in total. The predicted molar refractivity (Wildman–Crippen MR) is 66.5 cm³/mol. The Morgan fingerprint density at radius 3 is 2.76 bits per heavy atom. The highest BCUT2D eigenvalue weighted by molar-refractivity contribution is 5.86. The van der Waals surface area contributed by atoms with E-state index < -0.39 is 22.4 Å². The van der Waals surface area contributed by atoms with Crippen LogP contribution in [0, 0.1) is 15.9 Å². The largest absolute Gasteiger partial charge is 0.464 e. The zero-order chi connectivity index (χ0) is 15.4. The quantitative estimate of drug-likeness (QED) is 0.483. The smallest absolute Gasteiger partial charge is 0.358 e. The average Bonchev–Trinajstić information content (AvgIpc) is 2.48. The highest BCUT2D eigenvalue weighted by Gasteiger charge is 2.14. The summed E-state index contributed by atoms with van der Waals surface area (Å²) in [6.45, 7) is 0. The minimum absolute atomic E-state index is 0.114. The number of halogens is 1. The molecule has 1 aromatic carbocycles. The molecule has 21 heavy (non-hydrogen) atoms. The Hall–Kier alpha value is -3.10. The van der Waals surface area contributed by atoms with E-state index in [2.05, 4.69) is 14.7 Å². The Kier molecular flexibility index (Phi) is 4.02. The molecule has 0 spiro atoms. The van der Waals surface area contributed by atoms with Gasteiger partial charge in [0.05, 0.1) is 30.5 Å². The van der Waals surface area contributed by atoms with Gasteiger partial charge >= 0.3 is 5.97 Å². The van der Waals surface area contributed by atoms with E-state index in [0.29, 0.717) is 6.07 Å². The lowest BCUT2D eigenvalue weighted by Crippen LogP contribution is -2.05. The molecule has 0 saturated heterocycles. The van der Waals surface area contributed by atoms with E-state index in [1.165, 1.54) is 7.11 Å². The first-order chi connectivity index (χ1) is 10.0. The van der Waals surface area contributed by atoms with Crippen LogP contribution in [-0.2, 0) is 4.74 Å². The van der Waals surface area contributed by atoms with Gasteiger partial charge in [-0.25, -0.2) is 14.2 Å².